The molecule has 3 atom stereocenters. The topological polar surface area (TPSA) is 133 Å². The van der Waals surface area contributed by atoms with Crippen molar-refractivity contribution in [2.24, 2.45) is 5.16 Å². The molecule has 0 aliphatic carbocycles. The van der Waals surface area contributed by atoms with E-state index in [0.29, 0.717) is 49.0 Å². The van der Waals surface area contributed by atoms with Crippen LogP contribution in [-0.4, -0.2) is 72.7 Å². The normalized spacial score (nSPS) is 21.3. The number of methoxy groups -OCH3 is 1. The first kappa shape index (κ1) is 25.5. The van der Waals surface area contributed by atoms with Gasteiger partial charge < -0.3 is 29.7 Å². The van der Waals surface area contributed by atoms with E-state index in [1.165, 1.54) is 26.2 Å². The number of carbonyl (C=O) groups is 2. The summed E-state index contributed by atoms with van der Waals surface area (Å²) in [5.74, 6) is -0.495. The van der Waals surface area contributed by atoms with Crippen LogP contribution in [0.4, 0.5) is 4.39 Å². The van der Waals surface area contributed by atoms with Crippen molar-refractivity contribution in [3.05, 3.63) is 52.9 Å². The van der Waals surface area contributed by atoms with E-state index in [4.69, 9.17) is 19.0 Å². The highest BCUT2D eigenvalue weighted by Gasteiger charge is 2.35. The molecule has 3 heterocycles. The Morgan fingerprint density at radius 3 is 2.69 bits per heavy atom. The minimum absolute atomic E-state index is 0.103. The molecule has 2 aliphatic heterocycles. The average molecular weight is 502 g/mol. The predicted molar refractivity (Wildman–Crippen MR) is 125 cm³/mol. The Morgan fingerprint density at radius 2 is 1.97 bits per heavy atom. The van der Waals surface area contributed by atoms with E-state index in [1.807, 2.05) is 0 Å². The van der Waals surface area contributed by atoms with E-state index >= 15 is 0 Å². The first-order valence-electron chi connectivity index (χ1n) is 11.5. The van der Waals surface area contributed by atoms with Gasteiger partial charge in [-0.25, -0.2) is 14.4 Å². The van der Waals surface area contributed by atoms with Crippen LogP contribution in [-0.2, 0) is 25.7 Å². The first-order valence-corrected chi connectivity index (χ1v) is 11.5. The molecule has 0 saturated carbocycles. The third-order valence-corrected chi connectivity index (χ3v) is 5.71. The Morgan fingerprint density at radius 1 is 1.14 bits per heavy atom. The van der Waals surface area contributed by atoms with Gasteiger partial charge in [-0.1, -0.05) is 11.2 Å². The van der Waals surface area contributed by atoms with Crippen LogP contribution in [0.1, 0.15) is 40.9 Å². The van der Waals surface area contributed by atoms with E-state index < -0.39 is 11.7 Å². The number of oxime groups is 1. The lowest BCUT2D eigenvalue weighted by Gasteiger charge is -2.31. The number of amides is 2. The summed E-state index contributed by atoms with van der Waals surface area (Å²) in [6.45, 7) is 4.33. The van der Waals surface area contributed by atoms with Crippen LogP contribution in [0.3, 0.4) is 0 Å². The van der Waals surface area contributed by atoms with Crippen LogP contribution in [0.15, 0.2) is 29.4 Å². The second kappa shape index (κ2) is 11.4. The van der Waals surface area contributed by atoms with Crippen molar-refractivity contribution >= 4 is 17.5 Å². The molecule has 0 bridgehead atoms. The molecule has 1 saturated heterocycles. The molecular formula is C24H28FN5O6. The third-order valence-electron chi connectivity index (χ3n) is 5.71. The molecule has 36 heavy (non-hydrogen) atoms. The molecular weight excluding hydrogens is 473 g/mol. The number of benzene rings is 1. The molecule has 2 N–H and O–H groups in total. The second-order valence-corrected chi connectivity index (χ2v) is 8.49. The maximum Gasteiger partial charge on any atom is 0.270 e. The number of aryl methyl sites for hydroxylation is 1. The fourth-order valence-electron chi connectivity index (χ4n) is 3.81. The summed E-state index contributed by atoms with van der Waals surface area (Å²) >= 11 is 0. The number of hydrogen-bond acceptors (Lipinski definition) is 9. The van der Waals surface area contributed by atoms with E-state index in [2.05, 4.69) is 25.8 Å². The summed E-state index contributed by atoms with van der Waals surface area (Å²) < 4.78 is 30.2. The summed E-state index contributed by atoms with van der Waals surface area (Å²) in [5, 5.41) is 9.64. The molecule has 0 spiro atoms. The Bertz CT molecular complexity index is 1150. The van der Waals surface area contributed by atoms with Crippen LogP contribution in [0, 0.1) is 12.7 Å². The van der Waals surface area contributed by atoms with Gasteiger partial charge in [-0.2, -0.15) is 0 Å². The molecule has 1 aromatic carbocycles. The minimum Gasteiger partial charge on any atom is -0.494 e. The van der Waals surface area contributed by atoms with Gasteiger partial charge in [0, 0.05) is 26.4 Å². The molecule has 11 nitrogen and oxygen atoms in total. The maximum absolute atomic E-state index is 13.6. The monoisotopic (exact) mass is 501 g/mol. The zero-order valence-electron chi connectivity index (χ0n) is 20.2. The zero-order valence-corrected chi connectivity index (χ0v) is 20.2. The molecule has 1 fully saturated rings. The van der Waals surface area contributed by atoms with Gasteiger partial charge in [0.1, 0.15) is 23.3 Å². The van der Waals surface area contributed by atoms with Crippen molar-refractivity contribution in [1.82, 2.24) is 20.6 Å². The lowest BCUT2D eigenvalue weighted by atomic mass is 10.0. The lowest BCUT2D eigenvalue weighted by Crippen LogP contribution is -2.46. The van der Waals surface area contributed by atoms with Crippen molar-refractivity contribution in [2.75, 3.05) is 26.9 Å². The van der Waals surface area contributed by atoms with Gasteiger partial charge in [0.15, 0.2) is 17.7 Å². The van der Waals surface area contributed by atoms with Crippen LogP contribution >= 0.6 is 0 Å². The zero-order chi connectivity index (χ0) is 25.7. The average Bonchev–Trinajstić information content (AvgIpc) is 3.37. The predicted octanol–water partition coefficient (Wildman–Crippen LogP) is 1.28. The number of halogens is 1. The van der Waals surface area contributed by atoms with Gasteiger partial charge in [0.05, 0.1) is 32.1 Å². The van der Waals surface area contributed by atoms with Crippen LogP contribution < -0.4 is 15.4 Å². The largest absolute Gasteiger partial charge is 0.494 e. The standard InChI is InChI=1S/C24H28FN5O6/c1-13-28-18(7-20(29-13)24(32)27-9-15-4-5-17(25)21(6-15)33-3)19-8-22(36-30-19)23-12-34-16(11-35-23)10-26-14(2)31/h4-7,16,22-23H,8-12H2,1-3H3,(H,26,31)(H,27,32)/t16-,22?,23-/m1/s1. The number of aromatic nitrogens is 2. The van der Waals surface area contributed by atoms with Crippen LogP contribution in [0.25, 0.3) is 0 Å². The van der Waals surface area contributed by atoms with Crippen LogP contribution in [0.2, 0.25) is 0 Å². The molecule has 4 rings (SSSR count). The fourth-order valence-corrected chi connectivity index (χ4v) is 3.81. The summed E-state index contributed by atoms with van der Waals surface area (Å²) in [6.07, 6.45) is -0.466. The van der Waals surface area contributed by atoms with E-state index in [-0.39, 0.29) is 42.2 Å². The van der Waals surface area contributed by atoms with Crippen molar-refractivity contribution < 1.29 is 33.0 Å². The maximum atomic E-state index is 13.6. The first-order chi connectivity index (χ1) is 17.3. The molecule has 1 aromatic heterocycles. The fraction of sp³-hybridized carbons (Fsp3) is 0.458. The number of carbonyl (C=O) groups excluding carboxylic acids is 2. The number of ether oxygens (including phenoxy) is 3. The number of nitrogens with one attached hydrogen (secondary N) is 2. The highest BCUT2D eigenvalue weighted by Crippen LogP contribution is 2.23. The summed E-state index contributed by atoms with van der Waals surface area (Å²) in [7, 11) is 1.38. The summed E-state index contributed by atoms with van der Waals surface area (Å²) in [6, 6.07) is 5.93. The van der Waals surface area contributed by atoms with Crippen molar-refractivity contribution in [3.8, 4) is 5.75 Å². The Balaban J connectivity index is 1.34. The van der Waals surface area contributed by atoms with Crippen molar-refractivity contribution in [1.29, 1.82) is 0 Å². The molecule has 2 amide bonds. The lowest BCUT2D eigenvalue weighted by molar-refractivity contribution is -0.170. The molecule has 192 valence electrons. The molecule has 12 heteroatoms. The van der Waals surface area contributed by atoms with E-state index in [0.717, 1.165) is 0 Å². The third kappa shape index (κ3) is 6.32. The minimum atomic E-state index is -0.475. The summed E-state index contributed by atoms with van der Waals surface area (Å²) in [5.41, 5.74) is 1.92. The van der Waals surface area contributed by atoms with Gasteiger partial charge in [0.25, 0.3) is 5.91 Å². The quantitative estimate of drug-likeness (QED) is 0.553. The van der Waals surface area contributed by atoms with E-state index in [1.54, 1.807) is 19.1 Å². The molecule has 2 aromatic rings. The van der Waals surface area contributed by atoms with Crippen molar-refractivity contribution in [2.45, 2.75) is 45.1 Å². The highest BCUT2D eigenvalue weighted by molar-refractivity contribution is 6.02. The van der Waals surface area contributed by atoms with E-state index in [9.17, 15) is 14.0 Å². The van der Waals surface area contributed by atoms with Gasteiger partial charge in [-0.05, 0) is 30.7 Å². The Labute approximate surface area is 207 Å². The Hall–Kier alpha value is -3.64. The smallest absolute Gasteiger partial charge is 0.270 e. The SMILES string of the molecule is COc1cc(CNC(=O)c2cc(C3=NOC([C@H]4CO[C@H](CNC(C)=O)CO4)C3)nc(C)n2)ccc1F. The van der Waals surface area contributed by atoms with Gasteiger partial charge in [-0.15, -0.1) is 0 Å². The molecule has 2 aliphatic rings. The van der Waals surface area contributed by atoms with Gasteiger partial charge >= 0.3 is 0 Å². The van der Waals surface area contributed by atoms with Crippen LogP contribution in [0.5, 0.6) is 5.75 Å². The number of rotatable bonds is 8. The second-order valence-electron chi connectivity index (χ2n) is 8.49. The highest BCUT2D eigenvalue weighted by atomic mass is 19.1. The summed E-state index contributed by atoms with van der Waals surface area (Å²) in [4.78, 5) is 38.0. The number of nitrogens with zero attached hydrogens (tertiary/aromatic N) is 3. The number of hydrogen-bond donors (Lipinski definition) is 2. The van der Waals surface area contributed by atoms with Gasteiger partial charge in [-0.3, -0.25) is 9.59 Å². The van der Waals surface area contributed by atoms with Gasteiger partial charge in [0.2, 0.25) is 5.91 Å². The van der Waals surface area contributed by atoms with Crippen molar-refractivity contribution in [3.63, 3.8) is 0 Å². The molecule has 1 unspecified atom stereocenters. The molecule has 0 radical (unpaired) electrons. The Kier molecular flexibility index (Phi) is 8.06.